The third-order valence-electron chi connectivity index (χ3n) is 4.34. The van der Waals surface area contributed by atoms with E-state index in [9.17, 15) is 19.1 Å². The third kappa shape index (κ3) is 3.17. The number of hydrogen-bond donors (Lipinski definition) is 1. The Morgan fingerprint density at radius 2 is 2.08 bits per heavy atom. The number of carbonyl (C=O) groups excluding carboxylic acids is 2. The van der Waals surface area contributed by atoms with E-state index in [1.54, 1.807) is 6.07 Å². The van der Waals surface area contributed by atoms with E-state index in [4.69, 9.17) is 0 Å². The van der Waals surface area contributed by atoms with Crippen LogP contribution in [-0.4, -0.2) is 16.8 Å². The Bertz CT molecular complexity index is 900. The standard InChI is InChI=1S/C20H20FNO3S/c1-11(2)9-15(23)16-17(19-12(3)7-8-26-19)22(20(25)18(16)24)14-6-4-5-13(21)10-14/h4-8,10-11,17,24H,9H2,1-3H3. The lowest BCUT2D eigenvalue weighted by Gasteiger charge is -2.26. The molecule has 0 bridgehead atoms. The van der Waals surface area contributed by atoms with Crippen LogP contribution in [0.25, 0.3) is 0 Å². The van der Waals surface area contributed by atoms with E-state index >= 15 is 0 Å². The fourth-order valence-corrected chi connectivity index (χ4v) is 4.20. The predicted octanol–water partition coefficient (Wildman–Crippen LogP) is 4.71. The van der Waals surface area contributed by atoms with E-state index in [0.717, 1.165) is 10.4 Å². The van der Waals surface area contributed by atoms with E-state index in [0.29, 0.717) is 5.69 Å². The number of aliphatic hydroxyl groups is 1. The molecular weight excluding hydrogens is 353 g/mol. The zero-order valence-electron chi connectivity index (χ0n) is 14.8. The minimum atomic E-state index is -0.740. The molecule has 0 spiro atoms. The quantitative estimate of drug-likeness (QED) is 0.826. The third-order valence-corrected chi connectivity index (χ3v) is 5.41. The zero-order valence-corrected chi connectivity index (χ0v) is 15.6. The van der Waals surface area contributed by atoms with Crippen molar-refractivity contribution in [2.24, 2.45) is 5.92 Å². The number of aryl methyl sites for hydroxylation is 1. The molecule has 0 saturated carbocycles. The zero-order chi connectivity index (χ0) is 19.0. The van der Waals surface area contributed by atoms with Crippen molar-refractivity contribution in [1.82, 2.24) is 0 Å². The van der Waals surface area contributed by atoms with Gasteiger partial charge in [-0.3, -0.25) is 14.5 Å². The summed E-state index contributed by atoms with van der Waals surface area (Å²) in [7, 11) is 0. The SMILES string of the molecule is Cc1ccsc1C1C(C(=O)CC(C)C)=C(O)C(=O)N1c1cccc(F)c1. The van der Waals surface area contributed by atoms with Crippen molar-refractivity contribution in [1.29, 1.82) is 0 Å². The second-order valence-corrected chi connectivity index (χ2v) is 7.76. The fourth-order valence-electron chi connectivity index (χ4n) is 3.18. The van der Waals surface area contributed by atoms with Crippen molar-refractivity contribution in [3.8, 4) is 0 Å². The lowest BCUT2D eigenvalue weighted by atomic mass is 9.94. The second-order valence-electron chi connectivity index (χ2n) is 6.81. The average molecular weight is 373 g/mol. The molecule has 1 aliphatic heterocycles. The van der Waals surface area contributed by atoms with Crippen LogP contribution in [0.1, 0.15) is 36.8 Å². The lowest BCUT2D eigenvalue weighted by molar-refractivity contribution is -0.118. The predicted molar refractivity (Wildman–Crippen MR) is 99.8 cm³/mol. The molecule has 26 heavy (non-hydrogen) atoms. The number of nitrogens with zero attached hydrogens (tertiary/aromatic N) is 1. The number of Topliss-reactive ketones (excluding diaryl/α,β-unsaturated/α-hetero) is 1. The van der Waals surface area contributed by atoms with Gasteiger partial charge in [0, 0.05) is 17.0 Å². The summed E-state index contributed by atoms with van der Waals surface area (Å²) in [6.45, 7) is 5.70. The van der Waals surface area contributed by atoms with Gasteiger partial charge in [-0.05, 0) is 48.1 Å². The highest BCUT2D eigenvalue weighted by Crippen LogP contribution is 2.44. The van der Waals surface area contributed by atoms with Crippen LogP contribution in [0.5, 0.6) is 0 Å². The molecule has 1 aromatic carbocycles. The normalized spacial score (nSPS) is 17.5. The molecule has 0 radical (unpaired) electrons. The first-order valence-electron chi connectivity index (χ1n) is 8.40. The number of carbonyl (C=O) groups is 2. The number of ketones is 1. The van der Waals surface area contributed by atoms with Crippen molar-refractivity contribution in [3.05, 3.63) is 63.3 Å². The Hall–Kier alpha value is -2.47. The smallest absolute Gasteiger partial charge is 0.294 e. The Balaban J connectivity index is 2.16. The Morgan fingerprint density at radius 3 is 2.65 bits per heavy atom. The number of rotatable bonds is 5. The van der Waals surface area contributed by atoms with Crippen LogP contribution >= 0.6 is 11.3 Å². The first-order chi connectivity index (χ1) is 12.3. The summed E-state index contributed by atoms with van der Waals surface area (Å²) in [5.41, 5.74) is 1.32. The molecule has 3 rings (SSSR count). The van der Waals surface area contributed by atoms with Gasteiger partial charge in [-0.25, -0.2) is 4.39 Å². The van der Waals surface area contributed by atoms with Crippen LogP contribution in [0.3, 0.4) is 0 Å². The van der Waals surface area contributed by atoms with Gasteiger partial charge in [0.25, 0.3) is 5.91 Å². The summed E-state index contributed by atoms with van der Waals surface area (Å²) in [6.07, 6.45) is 0.227. The van der Waals surface area contributed by atoms with Gasteiger partial charge in [0.15, 0.2) is 11.5 Å². The van der Waals surface area contributed by atoms with Crippen LogP contribution in [0.2, 0.25) is 0 Å². The summed E-state index contributed by atoms with van der Waals surface area (Å²) in [6, 6.07) is 6.77. The number of amides is 1. The monoisotopic (exact) mass is 373 g/mol. The molecule has 136 valence electrons. The minimum Gasteiger partial charge on any atom is -0.503 e. The van der Waals surface area contributed by atoms with Crippen LogP contribution in [0.4, 0.5) is 10.1 Å². The Labute approximate surface area is 155 Å². The van der Waals surface area contributed by atoms with Crippen molar-refractivity contribution in [2.75, 3.05) is 4.90 Å². The number of aliphatic hydroxyl groups excluding tert-OH is 1. The number of hydrogen-bond acceptors (Lipinski definition) is 4. The maximum absolute atomic E-state index is 13.7. The van der Waals surface area contributed by atoms with E-state index in [2.05, 4.69) is 0 Å². The van der Waals surface area contributed by atoms with E-state index < -0.39 is 23.5 Å². The molecule has 6 heteroatoms. The summed E-state index contributed by atoms with van der Waals surface area (Å²) in [5, 5.41) is 12.4. The molecule has 1 amide bonds. The highest BCUT2D eigenvalue weighted by atomic mass is 32.1. The Kier molecular flexibility index (Phi) is 4.96. The van der Waals surface area contributed by atoms with Crippen molar-refractivity contribution in [2.45, 2.75) is 33.2 Å². The number of halogens is 1. The van der Waals surface area contributed by atoms with Crippen LogP contribution in [0.15, 0.2) is 47.0 Å². The number of thiophene rings is 1. The summed E-state index contributed by atoms with van der Waals surface area (Å²) in [4.78, 5) is 27.7. The molecule has 1 atom stereocenters. The highest BCUT2D eigenvalue weighted by molar-refractivity contribution is 7.10. The topological polar surface area (TPSA) is 57.6 Å². The van der Waals surface area contributed by atoms with Gasteiger partial charge in [0.05, 0.1) is 5.57 Å². The van der Waals surface area contributed by atoms with Crippen molar-refractivity contribution >= 4 is 28.7 Å². The molecule has 0 aliphatic carbocycles. The lowest BCUT2D eigenvalue weighted by Crippen LogP contribution is -2.31. The van der Waals surface area contributed by atoms with Gasteiger partial charge in [-0.2, -0.15) is 0 Å². The molecule has 0 fully saturated rings. The number of benzene rings is 1. The highest BCUT2D eigenvalue weighted by Gasteiger charge is 2.45. The van der Waals surface area contributed by atoms with Crippen molar-refractivity contribution in [3.63, 3.8) is 0 Å². The number of anilines is 1. The van der Waals surface area contributed by atoms with Gasteiger partial charge in [0.1, 0.15) is 11.9 Å². The first kappa shape index (κ1) is 18.3. The molecule has 1 N–H and O–H groups in total. The van der Waals surface area contributed by atoms with E-state index in [1.807, 2.05) is 32.2 Å². The second kappa shape index (κ2) is 7.03. The largest absolute Gasteiger partial charge is 0.503 e. The van der Waals surface area contributed by atoms with Gasteiger partial charge < -0.3 is 5.11 Å². The average Bonchev–Trinajstić information content (AvgIpc) is 3.08. The molecule has 1 aliphatic rings. The Morgan fingerprint density at radius 1 is 1.35 bits per heavy atom. The molecule has 1 aromatic heterocycles. The molecule has 1 unspecified atom stereocenters. The molecule has 2 heterocycles. The van der Waals surface area contributed by atoms with Crippen molar-refractivity contribution < 1.29 is 19.1 Å². The van der Waals surface area contributed by atoms with Crippen LogP contribution in [0, 0.1) is 18.7 Å². The van der Waals surface area contributed by atoms with Crippen LogP contribution < -0.4 is 4.90 Å². The maximum atomic E-state index is 13.7. The molecule has 2 aromatic rings. The van der Waals surface area contributed by atoms with Gasteiger partial charge >= 0.3 is 0 Å². The molecule has 0 saturated heterocycles. The van der Waals surface area contributed by atoms with E-state index in [1.165, 1.54) is 34.4 Å². The molecular formula is C20H20FNO3S. The summed E-state index contributed by atoms with van der Waals surface area (Å²) in [5.74, 6) is -1.88. The van der Waals surface area contributed by atoms with Gasteiger partial charge in [-0.1, -0.05) is 19.9 Å². The maximum Gasteiger partial charge on any atom is 0.294 e. The fraction of sp³-hybridized carbons (Fsp3) is 0.300. The van der Waals surface area contributed by atoms with E-state index in [-0.39, 0.29) is 23.7 Å². The van der Waals surface area contributed by atoms with Gasteiger partial charge in [-0.15, -0.1) is 11.3 Å². The molecule has 4 nitrogen and oxygen atoms in total. The van der Waals surface area contributed by atoms with Crippen LogP contribution in [-0.2, 0) is 9.59 Å². The van der Waals surface area contributed by atoms with Gasteiger partial charge in [0.2, 0.25) is 0 Å². The first-order valence-corrected chi connectivity index (χ1v) is 9.28. The summed E-state index contributed by atoms with van der Waals surface area (Å²) < 4.78 is 13.7. The minimum absolute atomic E-state index is 0.0891. The summed E-state index contributed by atoms with van der Waals surface area (Å²) >= 11 is 1.41.